The number of hydrogen-bond donors (Lipinski definition) is 1. The normalized spacial score (nSPS) is 16.8. The molecule has 1 aliphatic heterocycles. The van der Waals surface area contributed by atoms with E-state index in [1.165, 1.54) is 12.3 Å². The topological polar surface area (TPSA) is 77.3 Å². The van der Waals surface area contributed by atoms with Crippen molar-refractivity contribution in [2.75, 3.05) is 13.1 Å². The molecule has 1 N–H and O–H groups in total. The summed E-state index contributed by atoms with van der Waals surface area (Å²) in [5.41, 5.74) is -0.0467. The molecule has 17 heavy (non-hydrogen) atoms. The standard InChI is InChI=1S/C10H12BrN3O3/c11-9-5-7(14(15)16)6-13-10(9)17-8-1-3-12-4-2-8/h5-6,8,12H,1-4H2. The molecule has 2 rings (SSSR count). The Bertz CT molecular complexity index is 421. The number of rotatable bonds is 3. The van der Waals surface area contributed by atoms with Crippen LogP contribution in [0.3, 0.4) is 0 Å². The van der Waals surface area contributed by atoms with Gasteiger partial charge in [0.05, 0.1) is 9.40 Å². The summed E-state index contributed by atoms with van der Waals surface area (Å²) in [4.78, 5) is 14.0. The Hall–Kier alpha value is -1.21. The van der Waals surface area contributed by atoms with E-state index < -0.39 is 4.92 Å². The lowest BCUT2D eigenvalue weighted by Crippen LogP contribution is -2.34. The third kappa shape index (κ3) is 3.13. The Morgan fingerprint density at radius 2 is 2.24 bits per heavy atom. The first-order valence-corrected chi connectivity index (χ1v) is 6.13. The van der Waals surface area contributed by atoms with Crippen molar-refractivity contribution in [1.82, 2.24) is 10.3 Å². The van der Waals surface area contributed by atoms with Crippen LogP contribution in [0, 0.1) is 10.1 Å². The van der Waals surface area contributed by atoms with Crippen LogP contribution in [0.1, 0.15) is 12.8 Å². The maximum Gasteiger partial charge on any atom is 0.288 e. The first kappa shape index (κ1) is 12.3. The number of piperidine rings is 1. The molecule has 1 aromatic heterocycles. The van der Waals surface area contributed by atoms with Gasteiger partial charge in [-0.15, -0.1) is 0 Å². The number of ether oxygens (including phenoxy) is 1. The summed E-state index contributed by atoms with van der Waals surface area (Å²) >= 11 is 3.23. The molecule has 2 heterocycles. The monoisotopic (exact) mass is 301 g/mol. The van der Waals surface area contributed by atoms with Crippen LogP contribution in [-0.4, -0.2) is 29.1 Å². The zero-order valence-electron chi connectivity index (χ0n) is 9.06. The third-order valence-corrected chi connectivity index (χ3v) is 3.14. The van der Waals surface area contributed by atoms with E-state index in [0.717, 1.165) is 25.9 Å². The Balaban J connectivity index is 2.08. The fourth-order valence-electron chi connectivity index (χ4n) is 1.67. The Morgan fingerprint density at radius 3 is 2.82 bits per heavy atom. The largest absolute Gasteiger partial charge is 0.473 e. The van der Waals surface area contributed by atoms with Gasteiger partial charge in [-0.2, -0.15) is 0 Å². The fourth-order valence-corrected chi connectivity index (χ4v) is 2.10. The number of nitrogens with zero attached hydrogens (tertiary/aromatic N) is 2. The molecule has 92 valence electrons. The molecule has 0 aliphatic carbocycles. The highest BCUT2D eigenvalue weighted by molar-refractivity contribution is 9.10. The van der Waals surface area contributed by atoms with Gasteiger partial charge >= 0.3 is 0 Å². The van der Waals surface area contributed by atoms with E-state index in [-0.39, 0.29) is 11.8 Å². The van der Waals surface area contributed by atoms with Gasteiger partial charge in [-0.3, -0.25) is 10.1 Å². The van der Waals surface area contributed by atoms with E-state index >= 15 is 0 Å². The summed E-state index contributed by atoms with van der Waals surface area (Å²) in [6.45, 7) is 1.85. The molecule has 0 radical (unpaired) electrons. The molecule has 1 aromatic rings. The lowest BCUT2D eigenvalue weighted by molar-refractivity contribution is -0.385. The van der Waals surface area contributed by atoms with Crippen LogP contribution >= 0.6 is 15.9 Å². The van der Waals surface area contributed by atoms with Gasteiger partial charge in [0.15, 0.2) is 0 Å². The summed E-state index contributed by atoms with van der Waals surface area (Å²) in [6.07, 6.45) is 3.18. The van der Waals surface area contributed by atoms with Crippen LogP contribution < -0.4 is 10.1 Å². The maximum absolute atomic E-state index is 10.6. The van der Waals surface area contributed by atoms with Crippen molar-refractivity contribution in [3.05, 3.63) is 26.9 Å². The quantitative estimate of drug-likeness (QED) is 0.681. The SMILES string of the molecule is O=[N+]([O-])c1cnc(OC2CCNCC2)c(Br)c1. The van der Waals surface area contributed by atoms with Gasteiger partial charge in [-0.25, -0.2) is 4.98 Å². The lowest BCUT2D eigenvalue weighted by atomic mass is 10.1. The van der Waals surface area contributed by atoms with Gasteiger partial charge in [0.2, 0.25) is 5.88 Å². The molecule has 6 nitrogen and oxygen atoms in total. The van der Waals surface area contributed by atoms with E-state index in [1.807, 2.05) is 0 Å². The van der Waals surface area contributed by atoms with E-state index in [0.29, 0.717) is 10.4 Å². The molecule has 0 atom stereocenters. The number of aromatic nitrogens is 1. The molecule has 1 fully saturated rings. The first-order valence-electron chi connectivity index (χ1n) is 5.34. The summed E-state index contributed by atoms with van der Waals surface area (Å²) in [5, 5.41) is 13.8. The zero-order chi connectivity index (χ0) is 12.3. The minimum absolute atomic E-state index is 0.0467. The zero-order valence-corrected chi connectivity index (χ0v) is 10.6. The Labute approximate surface area is 107 Å². The highest BCUT2D eigenvalue weighted by Gasteiger charge is 2.18. The predicted molar refractivity (Wildman–Crippen MR) is 65.1 cm³/mol. The molecule has 0 bridgehead atoms. The van der Waals surface area contributed by atoms with E-state index in [4.69, 9.17) is 4.74 Å². The van der Waals surface area contributed by atoms with Crippen LogP contribution in [0.25, 0.3) is 0 Å². The molecule has 0 saturated carbocycles. The van der Waals surface area contributed by atoms with E-state index in [9.17, 15) is 10.1 Å². The second-order valence-corrected chi connectivity index (χ2v) is 4.66. The number of hydrogen-bond acceptors (Lipinski definition) is 5. The van der Waals surface area contributed by atoms with Gasteiger partial charge in [-0.05, 0) is 41.9 Å². The van der Waals surface area contributed by atoms with Gasteiger partial charge in [-0.1, -0.05) is 0 Å². The van der Waals surface area contributed by atoms with E-state index in [1.54, 1.807) is 0 Å². The van der Waals surface area contributed by atoms with Gasteiger partial charge in [0.25, 0.3) is 5.69 Å². The molecular formula is C10H12BrN3O3. The molecule has 0 spiro atoms. The van der Waals surface area contributed by atoms with Crippen LogP contribution in [-0.2, 0) is 0 Å². The average Bonchev–Trinajstić information content (AvgIpc) is 2.33. The smallest absolute Gasteiger partial charge is 0.288 e. The molecule has 1 saturated heterocycles. The van der Waals surface area contributed by atoms with Crippen molar-refractivity contribution in [3.63, 3.8) is 0 Å². The first-order chi connectivity index (χ1) is 8.16. The maximum atomic E-state index is 10.6. The number of halogens is 1. The fraction of sp³-hybridized carbons (Fsp3) is 0.500. The second-order valence-electron chi connectivity index (χ2n) is 3.80. The van der Waals surface area contributed by atoms with Crippen LogP contribution in [0.5, 0.6) is 5.88 Å². The van der Waals surface area contributed by atoms with Gasteiger partial charge in [0, 0.05) is 6.07 Å². The minimum Gasteiger partial charge on any atom is -0.473 e. The van der Waals surface area contributed by atoms with Crippen molar-refractivity contribution in [1.29, 1.82) is 0 Å². The van der Waals surface area contributed by atoms with Crippen molar-refractivity contribution in [3.8, 4) is 5.88 Å². The summed E-state index contributed by atoms with van der Waals surface area (Å²) in [6, 6.07) is 1.41. The molecule has 0 unspecified atom stereocenters. The Kier molecular flexibility index (Phi) is 3.90. The van der Waals surface area contributed by atoms with Crippen LogP contribution in [0.2, 0.25) is 0 Å². The second kappa shape index (κ2) is 5.42. The molecule has 0 amide bonds. The highest BCUT2D eigenvalue weighted by Crippen LogP contribution is 2.28. The molecule has 0 aromatic carbocycles. The van der Waals surface area contributed by atoms with Crippen LogP contribution in [0.15, 0.2) is 16.7 Å². The van der Waals surface area contributed by atoms with Crippen molar-refractivity contribution in [2.24, 2.45) is 0 Å². The lowest BCUT2D eigenvalue weighted by Gasteiger charge is -2.23. The summed E-state index contributed by atoms with van der Waals surface area (Å²) in [5.74, 6) is 0.419. The summed E-state index contributed by atoms with van der Waals surface area (Å²) < 4.78 is 6.22. The van der Waals surface area contributed by atoms with Crippen LogP contribution in [0.4, 0.5) is 5.69 Å². The summed E-state index contributed by atoms with van der Waals surface area (Å²) in [7, 11) is 0. The van der Waals surface area contributed by atoms with Gasteiger partial charge in [0.1, 0.15) is 12.3 Å². The molecule has 7 heteroatoms. The average molecular weight is 302 g/mol. The highest BCUT2D eigenvalue weighted by atomic mass is 79.9. The predicted octanol–water partition coefficient (Wildman–Crippen LogP) is 1.88. The van der Waals surface area contributed by atoms with E-state index in [2.05, 4.69) is 26.2 Å². The number of pyridine rings is 1. The molecular weight excluding hydrogens is 290 g/mol. The third-order valence-electron chi connectivity index (χ3n) is 2.57. The Morgan fingerprint density at radius 1 is 1.53 bits per heavy atom. The molecule has 1 aliphatic rings. The number of nitro groups is 1. The van der Waals surface area contributed by atoms with Crippen molar-refractivity contribution in [2.45, 2.75) is 18.9 Å². The number of nitrogens with one attached hydrogen (secondary N) is 1. The minimum atomic E-state index is -0.480. The van der Waals surface area contributed by atoms with Gasteiger partial charge < -0.3 is 10.1 Å². The van der Waals surface area contributed by atoms with Crippen molar-refractivity contribution < 1.29 is 9.66 Å². The van der Waals surface area contributed by atoms with Crippen molar-refractivity contribution >= 4 is 21.6 Å².